The molecule has 0 spiro atoms. The fourth-order valence-electron chi connectivity index (χ4n) is 3.56. The molecule has 19 heavy (non-hydrogen) atoms. The minimum absolute atomic E-state index is 0.0475. The molecule has 0 unspecified atom stereocenters. The first kappa shape index (κ1) is 14.5. The van der Waals surface area contributed by atoms with Gasteiger partial charge in [0.25, 0.3) is 0 Å². The van der Waals surface area contributed by atoms with E-state index in [0.29, 0.717) is 11.8 Å². The molecule has 2 saturated carbocycles. The van der Waals surface area contributed by atoms with Gasteiger partial charge in [0.05, 0.1) is 11.8 Å². The predicted molar refractivity (Wildman–Crippen MR) is 73.3 cm³/mol. The summed E-state index contributed by atoms with van der Waals surface area (Å²) in [4.78, 5) is 24.1. The normalized spacial score (nSPS) is 35.7. The van der Waals surface area contributed by atoms with Gasteiger partial charge in [0, 0.05) is 0 Å². The maximum atomic E-state index is 12.0. The average molecular weight is 266 g/mol. The number of rotatable bonds is 2. The summed E-state index contributed by atoms with van der Waals surface area (Å²) < 4.78 is 5.15. The van der Waals surface area contributed by atoms with Crippen LogP contribution in [0.25, 0.3) is 0 Å². The fraction of sp³-hybridized carbons (Fsp3) is 0.875. The summed E-state index contributed by atoms with van der Waals surface area (Å²) in [5.74, 6) is 0.527. The third kappa shape index (κ3) is 4.05. The lowest BCUT2D eigenvalue weighted by Gasteiger charge is -2.27. The lowest BCUT2D eigenvalue weighted by Crippen LogP contribution is -2.30. The summed E-state index contributed by atoms with van der Waals surface area (Å²) in [6.07, 6.45) is 8.08. The molecule has 0 aromatic heterocycles. The third-order valence-corrected chi connectivity index (χ3v) is 4.74. The van der Waals surface area contributed by atoms with E-state index in [4.69, 9.17) is 4.74 Å². The van der Waals surface area contributed by atoms with Crippen LogP contribution in [0.1, 0.15) is 65.2 Å². The molecule has 2 aliphatic rings. The molecule has 0 heterocycles. The molecule has 0 aromatic rings. The Morgan fingerprint density at radius 1 is 0.789 bits per heavy atom. The molecule has 108 valence electrons. The molecule has 0 bridgehead atoms. The number of carbonyl (C=O) groups excluding carboxylic acids is 2. The van der Waals surface area contributed by atoms with Gasteiger partial charge in [-0.25, -0.2) is 0 Å². The van der Waals surface area contributed by atoms with Crippen LogP contribution in [-0.4, -0.2) is 11.9 Å². The second kappa shape index (κ2) is 6.53. The van der Waals surface area contributed by atoms with Gasteiger partial charge in [0.15, 0.2) is 0 Å². The maximum absolute atomic E-state index is 12.0. The summed E-state index contributed by atoms with van der Waals surface area (Å²) in [6, 6.07) is 0. The number of carbonyl (C=O) groups is 2. The van der Waals surface area contributed by atoms with E-state index in [1.807, 2.05) is 0 Å². The van der Waals surface area contributed by atoms with Crippen molar-refractivity contribution in [3.8, 4) is 0 Å². The van der Waals surface area contributed by atoms with Crippen LogP contribution in [0, 0.1) is 23.7 Å². The molecular formula is C16H26O3. The van der Waals surface area contributed by atoms with Gasteiger partial charge in [0.1, 0.15) is 0 Å². The third-order valence-electron chi connectivity index (χ3n) is 4.74. The molecule has 0 amide bonds. The molecule has 0 N–H and O–H groups in total. The summed E-state index contributed by atoms with van der Waals surface area (Å²) in [5, 5.41) is 0. The van der Waals surface area contributed by atoms with Crippen molar-refractivity contribution >= 4 is 11.9 Å². The number of ether oxygens (including phenoxy) is 1. The van der Waals surface area contributed by atoms with Crippen molar-refractivity contribution in [1.29, 1.82) is 0 Å². The van der Waals surface area contributed by atoms with Crippen molar-refractivity contribution in [3.05, 3.63) is 0 Å². The van der Waals surface area contributed by atoms with E-state index in [0.717, 1.165) is 38.5 Å². The Labute approximate surface area is 116 Å². The van der Waals surface area contributed by atoms with Crippen LogP contribution in [0.5, 0.6) is 0 Å². The van der Waals surface area contributed by atoms with E-state index >= 15 is 0 Å². The molecular weight excluding hydrogens is 240 g/mol. The van der Waals surface area contributed by atoms with Crippen LogP contribution in [0.15, 0.2) is 0 Å². The summed E-state index contributed by atoms with van der Waals surface area (Å²) in [5.41, 5.74) is 0. The molecule has 0 saturated heterocycles. The van der Waals surface area contributed by atoms with Gasteiger partial charge in [-0.3, -0.25) is 9.59 Å². The monoisotopic (exact) mass is 266 g/mol. The van der Waals surface area contributed by atoms with Crippen LogP contribution >= 0.6 is 0 Å². The van der Waals surface area contributed by atoms with E-state index in [1.54, 1.807) is 0 Å². The van der Waals surface area contributed by atoms with Gasteiger partial charge >= 0.3 is 11.9 Å². The Kier molecular flexibility index (Phi) is 5.00. The average Bonchev–Trinajstić information content (AvgIpc) is 2.38. The van der Waals surface area contributed by atoms with E-state index < -0.39 is 0 Å². The predicted octanol–water partition coefficient (Wildman–Crippen LogP) is 3.71. The highest BCUT2D eigenvalue weighted by molar-refractivity contribution is 5.88. The van der Waals surface area contributed by atoms with Crippen molar-refractivity contribution < 1.29 is 14.3 Å². The van der Waals surface area contributed by atoms with Crippen LogP contribution in [-0.2, 0) is 14.3 Å². The highest BCUT2D eigenvalue weighted by atomic mass is 16.6. The Balaban J connectivity index is 1.82. The van der Waals surface area contributed by atoms with Gasteiger partial charge in [-0.2, -0.15) is 0 Å². The lowest BCUT2D eigenvalue weighted by molar-refractivity contribution is -0.167. The summed E-state index contributed by atoms with van der Waals surface area (Å²) >= 11 is 0. The molecule has 3 nitrogen and oxygen atoms in total. The minimum Gasteiger partial charge on any atom is -0.393 e. The standard InChI is InChI=1S/C16H26O3/c1-11-5-3-7-13(9-11)15(17)19-16(18)14-8-4-6-12(2)10-14/h11-14H,3-10H2,1-2H3/t11-,12+,13+,14-. The molecule has 0 aromatic carbocycles. The largest absolute Gasteiger partial charge is 0.393 e. The SMILES string of the molecule is C[C@@H]1CCC[C@H](C(=O)OC(=O)[C@@H]2CCC[C@H](C)C2)C1. The van der Waals surface area contributed by atoms with Crippen LogP contribution in [0.4, 0.5) is 0 Å². The summed E-state index contributed by atoms with van der Waals surface area (Å²) in [7, 11) is 0. The Hall–Kier alpha value is -0.860. The van der Waals surface area contributed by atoms with Crippen molar-refractivity contribution in [2.45, 2.75) is 65.2 Å². The molecule has 3 heteroatoms. The highest BCUT2D eigenvalue weighted by Gasteiger charge is 2.32. The Bertz CT molecular complexity index is 305. The number of esters is 2. The topological polar surface area (TPSA) is 43.4 Å². The van der Waals surface area contributed by atoms with Crippen molar-refractivity contribution in [2.24, 2.45) is 23.7 Å². The number of hydrogen-bond donors (Lipinski definition) is 0. The zero-order valence-corrected chi connectivity index (χ0v) is 12.2. The molecule has 2 fully saturated rings. The van der Waals surface area contributed by atoms with E-state index in [2.05, 4.69) is 13.8 Å². The molecule has 0 aliphatic heterocycles. The van der Waals surface area contributed by atoms with E-state index in [1.165, 1.54) is 12.8 Å². The van der Waals surface area contributed by atoms with Gasteiger partial charge < -0.3 is 4.74 Å². The zero-order chi connectivity index (χ0) is 13.8. The maximum Gasteiger partial charge on any atom is 0.316 e. The van der Waals surface area contributed by atoms with Crippen molar-refractivity contribution in [1.82, 2.24) is 0 Å². The Morgan fingerprint density at radius 2 is 1.21 bits per heavy atom. The second-order valence-electron chi connectivity index (χ2n) is 6.68. The smallest absolute Gasteiger partial charge is 0.316 e. The Morgan fingerprint density at radius 3 is 1.58 bits per heavy atom. The minimum atomic E-state index is -0.269. The first-order valence-electron chi connectivity index (χ1n) is 7.81. The van der Waals surface area contributed by atoms with Crippen molar-refractivity contribution in [3.63, 3.8) is 0 Å². The zero-order valence-electron chi connectivity index (χ0n) is 12.2. The highest BCUT2D eigenvalue weighted by Crippen LogP contribution is 2.32. The van der Waals surface area contributed by atoms with Crippen LogP contribution < -0.4 is 0 Å². The molecule has 4 atom stereocenters. The van der Waals surface area contributed by atoms with Gasteiger partial charge in [-0.05, 0) is 37.5 Å². The van der Waals surface area contributed by atoms with Crippen LogP contribution in [0.2, 0.25) is 0 Å². The van der Waals surface area contributed by atoms with Gasteiger partial charge in [0.2, 0.25) is 0 Å². The van der Waals surface area contributed by atoms with Crippen molar-refractivity contribution in [2.75, 3.05) is 0 Å². The molecule has 2 rings (SSSR count). The summed E-state index contributed by atoms with van der Waals surface area (Å²) in [6.45, 7) is 4.34. The van der Waals surface area contributed by atoms with Gasteiger partial charge in [-0.15, -0.1) is 0 Å². The molecule has 0 radical (unpaired) electrons. The quantitative estimate of drug-likeness (QED) is 0.565. The lowest BCUT2D eigenvalue weighted by atomic mass is 9.82. The van der Waals surface area contributed by atoms with E-state index in [-0.39, 0.29) is 23.8 Å². The van der Waals surface area contributed by atoms with E-state index in [9.17, 15) is 9.59 Å². The molecule has 2 aliphatic carbocycles. The first-order chi connectivity index (χ1) is 9.06. The number of hydrogen-bond acceptors (Lipinski definition) is 3. The first-order valence-corrected chi connectivity index (χ1v) is 7.81. The fourth-order valence-corrected chi connectivity index (χ4v) is 3.56. The van der Waals surface area contributed by atoms with Crippen LogP contribution in [0.3, 0.4) is 0 Å². The second-order valence-corrected chi connectivity index (χ2v) is 6.68. The van der Waals surface area contributed by atoms with Gasteiger partial charge in [-0.1, -0.05) is 39.5 Å².